The molecule has 5 saturated carbocycles. The van der Waals surface area contributed by atoms with E-state index in [-0.39, 0.29) is 39.7 Å². The maximum Gasteiger partial charge on any atom is 0.313 e. The molecule has 3 nitrogen and oxygen atoms in total. The molecule has 6 fully saturated rings. The molecule has 2 bridgehead atoms. The highest BCUT2D eigenvalue weighted by Gasteiger charge is 2.81. The third-order valence-electron chi connectivity index (χ3n) is 13.8. The largest absolute Gasteiger partial charge is 0.461 e. The second-order valence-electron chi connectivity index (χ2n) is 15.3. The van der Waals surface area contributed by atoms with E-state index in [4.69, 9.17) is 4.74 Å². The zero-order chi connectivity index (χ0) is 23.8. The van der Waals surface area contributed by atoms with Crippen molar-refractivity contribution in [1.29, 1.82) is 0 Å². The van der Waals surface area contributed by atoms with Gasteiger partial charge in [0.15, 0.2) is 0 Å². The van der Waals surface area contributed by atoms with Crippen molar-refractivity contribution in [2.24, 2.45) is 56.2 Å². The van der Waals surface area contributed by atoms with Crippen molar-refractivity contribution in [2.45, 2.75) is 119 Å². The molecule has 1 heterocycles. The van der Waals surface area contributed by atoms with E-state index in [0.717, 1.165) is 38.5 Å². The van der Waals surface area contributed by atoms with Crippen LogP contribution in [0.4, 0.5) is 0 Å². The average molecular weight is 455 g/mol. The van der Waals surface area contributed by atoms with Gasteiger partial charge in [0.05, 0.1) is 5.41 Å². The molecule has 0 aromatic rings. The first-order chi connectivity index (χ1) is 15.2. The van der Waals surface area contributed by atoms with Gasteiger partial charge in [0, 0.05) is 17.8 Å². The Bertz CT molecular complexity index is 922. The Balaban J connectivity index is 1.48. The molecule has 10 atom stereocenters. The summed E-state index contributed by atoms with van der Waals surface area (Å²) in [4.78, 5) is 26.8. The Morgan fingerprint density at radius 1 is 0.758 bits per heavy atom. The predicted molar refractivity (Wildman–Crippen MR) is 129 cm³/mol. The van der Waals surface area contributed by atoms with Gasteiger partial charge in [-0.3, -0.25) is 9.59 Å². The SMILES string of the molecule is CC1C(=O)CCC2C1(C)CCC1C2(C)CC2OC(=O)C13CCC1(C)CCC(C)(C)CC1C23C. The third-order valence-corrected chi connectivity index (χ3v) is 13.8. The van der Waals surface area contributed by atoms with Gasteiger partial charge < -0.3 is 4.74 Å². The summed E-state index contributed by atoms with van der Waals surface area (Å²) < 4.78 is 6.50. The predicted octanol–water partition coefficient (Wildman–Crippen LogP) is 6.97. The minimum atomic E-state index is -0.325. The molecular formula is C30H46O3. The van der Waals surface area contributed by atoms with Crippen molar-refractivity contribution in [2.75, 3.05) is 0 Å². The lowest BCUT2D eigenvalue weighted by Crippen LogP contribution is -2.70. The highest BCUT2D eigenvalue weighted by atomic mass is 16.6. The van der Waals surface area contributed by atoms with E-state index in [1.54, 1.807) is 0 Å². The van der Waals surface area contributed by atoms with E-state index in [2.05, 4.69) is 48.5 Å². The molecule has 0 radical (unpaired) electrons. The fraction of sp³-hybridized carbons (Fsp3) is 0.933. The van der Waals surface area contributed by atoms with Gasteiger partial charge in [-0.05, 0) is 97.2 Å². The minimum absolute atomic E-state index is 0.0417. The number of esters is 1. The van der Waals surface area contributed by atoms with E-state index in [0.29, 0.717) is 34.4 Å². The van der Waals surface area contributed by atoms with E-state index in [9.17, 15) is 9.59 Å². The van der Waals surface area contributed by atoms with Gasteiger partial charge >= 0.3 is 5.97 Å². The van der Waals surface area contributed by atoms with Gasteiger partial charge in [0.1, 0.15) is 11.9 Å². The fourth-order valence-corrected chi connectivity index (χ4v) is 11.6. The lowest BCUT2D eigenvalue weighted by molar-refractivity contribution is -0.249. The van der Waals surface area contributed by atoms with Gasteiger partial charge in [0.2, 0.25) is 0 Å². The Hall–Kier alpha value is -0.860. The van der Waals surface area contributed by atoms with E-state index in [1.807, 2.05) is 0 Å². The van der Waals surface area contributed by atoms with Crippen LogP contribution in [0.3, 0.4) is 0 Å². The van der Waals surface area contributed by atoms with Crippen LogP contribution in [0.1, 0.15) is 113 Å². The number of carbonyl (C=O) groups is 2. The van der Waals surface area contributed by atoms with Crippen LogP contribution >= 0.6 is 0 Å². The molecule has 0 N–H and O–H groups in total. The number of hydrogen-bond acceptors (Lipinski definition) is 3. The summed E-state index contributed by atoms with van der Waals surface area (Å²) in [7, 11) is 0. The third kappa shape index (κ3) is 2.39. The summed E-state index contributed by atoms with van der Waals surface area (Å²) in [6.07, 6.45) is 11.0. The van der Waals surface area contributed by atoms with Crippen LogP contribution in [0.2, 0.25) is 0 Å². The van der Waals surface area contributed by atoms with Gasteiger partial charge in [0.25, 0.3) is 0 Å². The smallest absolute Gasteiger partial charge is 0.313 e. The van der Waals surface area contributed by atoms with Crippen molar-refractivity contribution < 1.29 is 14.3 Å². The molecule has 0 aromatic carbocycles. The Kier molecular flexibility index (Phi) is 4.30. The highest BCUT2D eigenvalue weighted by molar-refractivity contribution is 5.84. The first-order valence-corrected chi connectivity index (χ1v) is 14.0. The Labute approximate surface area is 201 Å². The van der Waals surface area contributed by atoms with Crippen LogP contribution in [0, 0.1) is 56.2 Å². The normalized spacial score (nSPS) is 59.1. The summed E-state index contributed by atoms with van der Waals surface area (Å²) in [5, 5.41) is 0. The molecule has 6 aliphatic rings. The van der Waals surface area contributed by atoms with E-state index < -0.39 is 0 Å². The zero-order valence-electron chi connectivity index (χ0n) is 22.2. The summed E-state index contributed by atoms with van der Waals surface area (Å²) in [6, 6.07) is 0. The second-order valence-corrected chi connectivity index (χ2v) is 15.3. The van der Waals surface area contributed by atoms with Crippen LogP contribution < -0.4 is 0 Å². The lowest BCUT2D eigenvalue weighted by atomic mass is 9.30. The van der Waals surface area contributed by atoms with E-state index >= 15 is 0 Å². The fourth-order valence-electron chi connectivity index (χ4n) is 11.6. The number of hydrogen-bond donors (Lipinski definition) is 0. The van der Waals surface area contributed by atoms with Gasteiger partial charge in [-0.15, -0.1) is 0 Å². The number of rotatable bonds is 0. The molecule has 0 amide bonds. The molecule has 1 saturated heterocycles. The highest BCUT2D eigenvalue weighted by Crippen LogP contribution is 2.81. The summed E-state index contributed by atoms with van der Waals surface area (Å²) in [6.45, 7) is 17.0. The molecule has 33 heavy (non-hydrogen) atoms. The first kappa shape index (κ1) is 22.6. The van der Waals surface area contributed by atoms with Crippen LogP contribution in [-0.4, -0.2) is 17.9 Å². The van der Waals surface area contributed by atoms with Crippen LogP contribution in [0.15, 0.2) is 0 Å². The molecule has 3 heteroatoms. The monoisotopic (exact) mass is 454 g/mol. The number of ketones is 1. The molecule has 6 rings (SSSR count). The summed E-state index contributed by atoms with van der Waals surface area (Å²) in [5.74, 6) is 2.23. The molecule has 10 unspecified atom stereocenters. The topological polar surface area (TPSA) is 43.4 Å². The van der Waals surface area contributed by atoms with Gasteiger partial charge in [-0.1, -0.05) is 48.5 Å². The summed E-state index contributed by atoms with van der Waals surface area (Å²) in [5.41, 5.74) is 0.471. The van der Waals surface area contributed by atoms with Crippen molar-refractivity contribution in [3.05, 3.63) is 0 Å². The number of carbonyl (C=O) groups excluding carboxylic acids is 2. The Morgan fingerprint density at radius 2 is 1.45 bits per heavy atom. The van der Waals surface area contributed by atoms with E-state index in [1.165, 1.54) is 25.7 Å². The average Bonchev–Trinajstić information content (AvgIpc) is 2.87. The minimum Gasteiger partial charge on any atom is -0.461 e. The van der Waals surface area contributed by atoms with Crippen molar-refractivity contribution in [1.82, 2.24) is 0 Å². The Morgan fingerprint density at radius 3 is 2.18 bits per heavy atom. The summed E-state index contributed by atoms with van der Waals surface area (Å²) >= 11 is 0. The maximum atomic E-state index is 14.0. The molecule has 1 aliphatic heterocycles. The lowest BCUT2D eigenvalue weighted by Gasteiger charge is -2.72. The van der Waals surface area contributed by atoms with Crippen LogP contribution in [-0.2, 0) is 14.3 Å². The van der Waals surface area contributed by atoms with Crippen molar-refractivity contribution >= 4 is 11.8 Å². The molecule has 0 aromatic heterocycles. The molecular weight excluding hydrogens is 408 g/mol. The molecule has 5 aliphatic carbocycles. The van der Waals surface area contributed by atoms with Crippen molar-refractivity contribution in [3.63, 3.8) is 0 Å². The number of fused-ring (bicyclic) bond motifs is 4. The number of Topliss-reactive ketones (excluding diaryl/α,β-unsaturated/α-hetero) is 1. The second kappa shape index (κ2) is 6.28. The van der Waals surface area contributed by atoms with Crippen LogP contribution in [0.5, 0.6) is 0 Å². The molecule has 184 valence electrons. The maximum absolute atomic E-state index is 14.0. The van der Waals surface area contributed by atoms with Gasteiger partial charge in [-0.25, -0.2) is 0 Å². The quantitative estimate of drug-likeness (QED) is 0.371. The zero-order valence-corrected chi connectivity index (χ0v) is 22.2. The molecule has 0 spiro atoms. The first-order valence-electron chi connectivity index (χ1n) is 14.0. The standard InChI is InChI=1S/C30H46O3/c1-18-19(31)8-9-20-27(18,5)11-10-21-28(20,6)17-23-29(7)22-16-25(2,3)12-13-26(22,4)14-15-30(21,29)24(32)33-23/h18,20-23H,8-17H2,1-7H3. The van der Waals surface area contributed by atoms with Gasteiger partial charge in [-0.2, -0.15) is 0 Å². The van der Waals surface area contributed by atoms with Crippen molar-refractivity contribution in [3.8, 4) is 0 Å². The van der Waals surface area contributed by atoms with Crippen LogP contribution in [0.25, 0.3) is 0 Å². The number of ether oxygens (including phenoxy) is 1.